The molecule has 1 aromatic carbocycles. The van der Waals surface area contributed by atoms with Crippen LogP contribution in [0.1, 0.15) is 52.0 Å². The average molecular weight is 326 g/mol. The predicted octanol–water partition coefficient (Wildman–Crippen LogP) is 5.76. The first kappa shape index (κ1) is 17.2. The summed E-state index contributed by atoms with van der Waals surface area (Å²) in [5.74, 6) is 1.54. The molecule has 0 saturated heterocycles. The largest absolute Gasteiger partial charge is 0.312 e. The highest BCUT2D eigenvalue weighted by atomic mass is 35.5. The summed E-state index contributed by atoms with van der Waals surface area (Å²) in [6.45, 7) is 8.77. The highest BCUT2D eigenvalue weighted by molar-refractivity contribution is 8.00. The molecule has 118 valence electrons. The van der Waals surface area contributed by atoms with Gasteiger partial charge in [-0.2, -0.15) is 0 Å². The Morgan fingerprint density at radius 1 is 1.33 bits per heavy atom. The van der Waals surface area contributed by atoms with Crippen molar-refractivity contribution in [2.24, 2.45) is 11.8 Å². The smallest absolute Gasteiger partial charge is 0.0462 e. The van der Waals surface area contributed by atoms with Gasteiger partial charge in [0.15, 0.2) is 0 Å². The summed E-state index contributed by atoms with van der Waals surface area (Å²) in [5.41, 5.74) is 1.28. The van der Waals surface area contributed by atoms with Gasteiger partial charge in [-0.25, -0.2) is 0 Å². The fourth-order valence-corrected chi connectivity index (χ4v) is 4.82. The van der Waals surface area contributed by atoms with Crippen LogP contribution in [0.15, 0.2) is 23.1 Å². The summed E-state index contributed by atoms with van der Waals surface area (Å²) in [4.78, 5) is 1.37. The molecule has 0 aliphatic heterocycles. The van der Waals surface area contributed by atoms with Crippen LogP contribution >= 0.6 is 23.4 Å². The minimum absolute atomic E-state index is 0.669. The lowest BCUT2D eigenvalue weighted by molar-refractivity contribution is 0.394. The van der Waals surface area contributed by atoms with Crippen LogP contribution < -0.4 is 5.32 Å². The zero-order valence-electron chi connectivity index (χ0n) is 13.5. The second-order valence-corrected chi connectivity index (χ2v) is 8.50. The van der Waals surface area contributed by atoms with E-state index in [9.17, 15) is 0 Å². The van der Waals surface area contributed by atoms with Crippen LogP contribution in [0.2, 0.25) is 5.02 Å². The Kier molecular flexibility index (Phi) is 6.91. The minimum Gasteiger partial charge on any atom is -0.312 e. The van der Waals surface area contributed by atoms with Gasteiger partial charge in [0.25, 0.3) is 0 Å². The van der Waals surface area contributed by atoms with Gasteiger partial charge < -0.3 is 5.32 Å². The van der Waals surface area contributed by atoms with Crippen LogP contribution in [0, 0.1) is 11.8 Å². The van der Waals surface area contributed by atoms with E-state index in [1.165, 1.54) is 36.1 Å². The fourth-order valence-electron chi connectivity index (χ4n) is 2.97. The molecule has 2 rings (SSSR count). The molecule has 1 fully saturated rings. The SMILES string of the molecule is CC(C)CNCc1c(Cl)cccc1SC1CCCC(C)C1. The highest BCUT2D eigenvalue weighted by Gasteiger charge is 2.21. The van der Waals surface area contributed by atoms with Crippen molar-refractivity contribution in [3.05, 3.63) is 28.8 Å². The molecule has 1 aromatic rings. The lowest BCUT2D eigenvalue weighted by atomic mass is 9.91. The summed E-state index contributed by atoms with van der Waals surface area (Å²) < 4.78 is 0. The fraction of sp³-hybridized carbons (Fsp3) is 0.667. The third-order valence-corrected chi connectivity index (χ3v) is 5.86. The molecule has 0 radical (unpaired) electrons. The predicted molar refractivity (Wildman–Crippen MR) is 95.3 cm³/mol. The standard InChI is InChI=1S/C18H28ClNS/c1-13(2)11-20-12-16-17(19)8-5-9-18(16)21-15-7-4-6-14(3)10-15/h5,8-9,13-15,20H,4,6-7,10-12H2,1-3H3. The van der Waals surface area contributed by atoms with Crippen molar-refractivity contribution in [1.82, 2.24) is 5.32 Å². The van der Waals surface area contributed by atoms with Crippen molar-refractivity contribution in [2.75, 3.05) is 6.54 Å². The van der Waals surface area contributed by atoms with Crippen LogP contribution in [-0.4, -0.2) is 11.8 Å². The van der Waals surface area contributed by atoms with E-state index in [-0.39, 0.29) is 0 Å². The van der Waals surface area contributed by atoms with Crippen LogP contribution in [0.5, 0.6) is 0 Å². The van der Waals surface area contributed by atoms with E-state index in [0.29, 0.717) is 5.92 Å². The number of hydrogen-bond acceptors (Lipinski definition) is 2. The van der Waals surface area contributed by atoms with E-state index in [2.05, 4.69) is 38.2 Å². The lowest BCUT2D eigenvalue weighted by Crippen LogP contribution is -2.20. The van der Waals surface area contributed by atoms with Crippen molar-refractivity contribution in [1.29, 1.82) is 0 Å². The number of halogens is 1. The number of rotatable bonds is 6. The van der Waals surface area contributed by atoms with Gasteiger partial charge in [-0.05, 0) is 48.9 Å². The van der Waals surface area contributed by atoms with Crippen molar-refractivity contribution < 1.29 is 0 Å². The first-order chi connectivity index (χ1) is 10.1. The summed E-state index contributed by atoms with van der Waals surface area (Å²) in [5, 5.41) is 5.19. The maximum Gasteiger partial charge on any atom is 0.0462 e. The van der Waals surface area contributed by atoms with Crippen LogP contribution in [0.3, 0.4) is 0 Å². The third kappa shape index (κ3) is 5.50. The summed E-state index contributed by atoms with van der Waals surface area (Å²) in [6.07, 6.45) is 5.46. The third-order valence-electron chi connectivity index (χ3n) is 4.11. The molecule has 0 amide bonds. The Hall–Kier alpha value is -0.180. The molecule has 0 bridgehead atoms. The van der Waals surface area contributed by atoms with Crippen LogP contribution in [0.25, 0.3) is 0 Å². The molecule has 1 aliphatic carbocycles. The van der Waals surface area contributed by atoms with E-state index < -0.39 is 0 Å². The van der Waals surface area contributed by atoms with Gasteiger partial charge in [0, 0.05) is 21.7 Å². The molecule has 0 heterocycles. The van der Waals surface area contributed by atoms with Gasteiger partial charge in [0.05, 0.1) is 0 Å². The van der Waals surface area contributed by atoms with E-state index in [1.54, 1.807) is 0 Å². The van der Waals surface area contributed by atoms with Gasteiger partial charge in [-0.15, -0.1) is 11.8 Å². The summed E-state index contributed by atoms with van der Waals surface area (Å²) in [7, 11) is 0. The van der Waals surface area contributed by atoms with Crippen molar-refractivity contribution >= 4 is 23.4 Å². The molecule has 0 spiro atoms. The molecule has 1 aliphatic rings. The van der Waals surface area contributed by atoms with E-state index in [1.807, 2.05) is 17.8 Å². The minimum atomic E-state index is 0.669. The molecule has 1 N–H and O–H groups in total. The Morgan fingerprint density at radius 2 is 2.14 bits per heavy atom. The van der Waals surface area contributed by atoms with Crippen molar-refractivity contribution in [3.63, 3.8) is 0 Å². The molecular weight excluding hydrogens is 298 g/mol. The molecule has 2 unspecified atom stereocenters. The van der Waals surface area contributed by atoms with Crippen molar-refractivity contribution in [3.8, 4) is 0 Å². The first-order valence-electron chi connectivity index (χ1n) is 8.21. The number of nitrogens with one attached hydrogen (secondary N) is 1. The normalized spacial score (nSPS) is 22.7. The topological polar surface area (TPSA) is 12.0 Å². The number of hydrogen-bond donors (Lipinski definition) is 1. The van der Waals surface area contributed by atoms with Gasteiger partial charge in [-0.1, -0.05) is 51.3 Å². The van der Waals surface area contributed by atoms with Gasteiger partial charge in [0.1, 0.15) is 0 Å². The Bertz CT molecular complexity index is 447. The molecule has 2 atom stereocenters. The quantitative estimate of drug-likeness (QED) is 0.714. The van der Waals surface area contributed by atoms with Crippen LogP contribution in [0.4, 0.5) is 0 Å². The van der Waals surface area contributed by atoms with Crippen LogP contribution in [-0.2, 0) is 6.54 Å². The molecule has 1 nitrogen and oxygen atoms in total. The summed E-state index contributed by atoms with van der Waals surface area (Å²) >= 11 is 8.48. The number of benzene rings is 1. The molecule has 21 heavy (non-hydrogen) atoms. The van der Waals surface area contributed by atoms with E-state index in [0.717, 1.165) is 29.3 Å². The van der Waals surface area contributed by atoms with Gasteiger partial charge in [0.2, 0.25) is 0 Å². The second-order valence-electron chi connectivity index (χ2n) is 6.75. The average Bonchev–Trinajstić information content (AvgIpc) is 2.41. The highest BCUT2D eigenvalue weighted by Crippen LogP contribution is 2.38. The van der Waals surface area contributed by atoms with E-state index in [4.69, 9.17) is 11.6 Å². The molecular formula is C18H28ClNS. The Balaban J connectivity index is 2.02. The van der Waals surface area contributed by atoms with E-state index >= 15 is 0 Å². The molecule has 1 saturated carbocycles. The Labute approximate surface area is 139 Å². The maximum atomic E-state index is 6.44. The number of thioether (sulfide) groups is 1. The Morgan fingerprint density at radius 3 is 2.86 bits per heavy atom. The monoisotopic (exact) mass is 325 g/mol. The van der Waals surface area contributed by atoms with Crippen molar-refractivity contribution in [2.45, 2.75) is 63.1 Å². The van der Waals surface area contributed by atoms with Gasteiger partial charge in [-0.3, -0.25) is 0 Å². The lowest BCUT2D eigenvalue weighted by Gasteiger charge is -2.27. The zero-order valence-corrected chi connectivity index (χ0v) is 15.1. The second kappa shape index (κ2) is 8.45. The molecule has 3 heteroatoms. The maximum absolute atomic E-state index is 6.44. The van der Waals surface area contributed by atoms with Gasteiger partial charge >= 0.3 is 0 Å². The first-order valence-corrected chi connectivity index (χ1v) is 9.46. The zero-order chi connectivity index (χ0) is 15.2. The summed E-state index contributed by atoms with van der Waals surface area (Å²) in [6, 6.07) is 6.34. The molecule has 0 aromatic heterocycles.